The summed E-state index contributed by atoms with van der Waals surface area (Å²) >= 11 is 0. The van der Waals surface area contributed by atoms with Gasteiger partial charge in [0.1, 0.15) is 0 Å². The Morgan fingerprint density at radius 1 is 1.25 bits per heavy atom. The Labute approximate surface area is 141 Å². The molecule has 2 N–H and O–H groups in total. The van der Waals surface area contributed by atoms with Gasteiger partial charge in [0.05, 0.1) is 17.2 Å². The highest BCUT2D eigenvalue weighted by Gasteiger charge is 2.15. The van der Waals surface area contributed by atoms with E-state index in [2.05, 4.69) is 16.2 Å². The number of nitriles is 1. The third-order valence-corrected chi connectivity index (χ3v) is 4.63. The van der Waals surface area contributed by atoms with E-state index in [4.69, 9.17) is 10.0 Å². The molecule has 0 radical (unpaired) electrons. The van der Waals surface area contributed by atoms with Crippen molar-refractivity contribution in [1.82, 2.24) is 14.8 Å². The van der Waals surface area contributed by atoms with E-state index in [0.717, 1.165) is 16.2 Å². The van der Waals surface area contributed by atoms with Gasteiger partial charge in [-0.1, -0.05) is 22.8 Å². The Morgan fingerprint density at radius 3 is 2.50 bits per heavy atom. The number of nitrogens with zero attached hydrogens (tertiary/aromatic N) is 3. The average molecular weight is 337 g/mol. The highest BCUT2D eigenvalue weighted by Crippen LogP contribution is 2.20. The summed E-state index contributed by atoms with van der Waals surface area (Å²) in [7, 11) is -0.618. The first-order valence-electron chi connectivity index (χ1n) is 7.17. The summed E-state index contributed by atoms with van der Waals surface area (Å²) in [5.74, 6) is 0.484. The maximum Gasteiger partial charge on any atom is 0.280 e. The molecule has 0 aliphatic heterocycles. The van der Waals surface area contributed by atoms with Gasteiger partial charge in [0.2, 0.25) is 0 Å². The van der Waals surface area contributed by atoms with Crippen LogP contribution in [0.1, 0.15) is 11.3 Å². The zero-order valence-electron chi connectivity index (χ0n) is 13.2. The van der Waals surface area contributed by atoms with Crippen LogP contribution >= 0.6 is 0 Å². The molecule has 3 rings (SSSR count). The second-order valence-electron chi connectivity index (χ2n) is 5.30. The molecule has 6 nitrogen and oxygen atoms in total. The molecule has 0 spiro atoms. The third kappa shape index (κ3) is 2.79. The van der Waals surface area contributed by atoms with E-state index >= 15 is 0 Å². The number of aromatic amines is 1. The van der Waals surface area contributed by atoms with Gasteiger partial charge in [0, 0.05) is 16.8 Å². The summed E-state index contributed by atoms with van der Waals surface area (Å²) in [6.07, 6.45) is 3.42. The maximum atomic E-state index is 12.8. The Hall–Kier alpha value is -2.98. The van der Waals surface area contributed by atoms with E-state index in [1.165, 1.54) is 4.68 Å². The van der Waals surface area contributed by atoms with Crippen molar-refractivity contribution >= 4 is 10.7 Å². The van der Waals surface area contributed by atoms with Crippen molar-refractivity contribution in [3.05, 3.63) is 64.2 Å². The van der Waals surface area contributed by atoms with Crippen LogP contribution in [0.4, 0.5) is 0 Å². The molecular formula is C17H15N5OS. The molecule has 0 amide bonds. The van der Waals surface area contributed by atoms with Crippen LogP contribution in [0, 0.1) is 23.0 Å². The minimum Gasteiger partial charge on any atom is -0.293 e. The molecule has 1 atom stereocenters. The smallest absolute Gasteiger partial charge is 0.280 e. The van der Waals surface area contributed by atoms with Crippen molar-refractivity contribution in [1.29, 1.82) is 10.0 Å². The fourth-order valence-corrected chi connectivity index (χ4v) is 2.93. The van der Waals surface area contributed by atoms with Gasteiger partial charge >= 0.3 is 0 Å². The number of hydrogen-bond acceptors (Lipinski definition) is 4. The second-order valence-corrected chi connectivity index (χ2v) is 6.80. The fraction of sp³-hybridized carbons (Fsp3) is 0.118. The van der Waals surface area contributed by atoms with Gasteiger partial charge in [-0.25, -0.2) is 9.67 Å². The molecule has 120 valence electrons. The Bertz CT molecular complexity index is 1010. The van der Waals surface area contributed by atoms with Gasteiger partial charge in [-0.2, -0.15) is 5.26 Å². The lowest BCUT2D eigenvalue weighted by atomic mass is 10.1. The summed E-state index contributed by atoms with van der Waals surface area (Å²) in [6, 6.07) is 12.5. The summed E-state index contributed by atoms with van der Waals surface area (Å²) in [6.45, 7) is 1.83. The number of rotatable bonds is 3. The Balaban J connectivity index is 2.07. The molecule has 0 aliphatic rings. The molecular weight excluding hydrogens is 322 g/mol. The molecule has 0 bridgehead atoms. The molecule has 3 aromatic rings. The van der Waals surface area contributed by atoms with E-state index in [1.807, 2.05) is 13.0 Å². The number of aromatic nitrogens is 3. The lowest BCUT2D eigenvalue weighted by Gasteiger charge is -2.02. The summed E-state index contributed by atoms with van der Waals surface area (Å²) in [4.78, 5) is 17.9. The molecule has 0 saturated carbocycles. The molecule has 0 fully saturated rings. The van der Waals surface area contributed by atoms with Crippen molar-refractivity contribution in [2.24, 2.45) is 0 Å². The normalized spacial score (nSPS) is 11.9. The quantitative estimate of drug-likeness (QED) is 0.769. The Morgan fingerprint density at radius 2 is 1.96 bits per heavy atom. The summed E-state index contributed by atoms with van der Waals surface area (Å²) in [5.41, 5.74) is 2.39. The maximum absolute atomic E-state index is 12.8. The summed E-state index contributed by atoms with van der Waals surface area (Å²) < 4.78 is 9.10. The number of H-pyrrole nitrogens is 1. The minimum atomic E-state index is -0.618. The zero-order valence-corrected chi connectivity index (χ0v) is 14.0. The van der Waals surface area contributed by atoms with E-state index in [9.17, 15) is 4.79 Å². The highest BCUT2D eigenvalue weighted by molar-refractivity contribution is 7.85. The van der Waals surface area contributed by atoms with Crippen molar-refractivity contribution in [3.63, 3.8) is 0 Å². The van der Waals surface area contributed by atoms with Crippen LogP contribution in [-0.4, -0.2) is 21.0 Å². The van der Waals surface area contributed by atoms with E-state index in [1.54, 1.807) is 42.8 Å². The molecule has 2 aromatic heterocycles. The van der Waals surface area contributed by atoms with Crippen molar-refractivity contribution in [2.75, 3.05) is 6.26 Å². The average Bonchev–Trinajstić information content (AvgIpc) is 2.89. The number of nitrogens with one attached hydrogen (secondary N) is 2. The number of aryl methyl sites for hydroxylation is 1. The van der Waals surface area contributed by atoms with Crippen molar-refractivity contribution in [3.8, 4) is 23.0 Å². The van der Waals surface area contributed by atoms with Crippen molar-refractivity contribution < 1.29 is 0 Å². The molecule has 24 heavy (non-hydrogen) atoms. The largest absolute Gasteiger partial charge is 0.293 e. The van der Waals surface area contributed by atoms with E-state index < -0.39 is 10.7 Å². The number of hydrogen-bond donors (Lipinski definition) is 2. The SMILES string of the molecule is Cc1[nH]n(-c2ccc([S@](C)=N)cn2)c(=O)c1-c1ccc(C#N)cc1. The lowest BCUT2D eigenvalue weighted by molar-refractivity contribution is 0.804. The molecule has 0 aliphatic carbocycles. The van der Waals surface area contributed by atoms with Crippen LogP contribution < -0.4 is 5.56 Å². The second kappa shape index (κ2) is 6.26. The predicted molar refractivity (Wildman–Crippen MR) is 93.3 cm³/mol. The van der Waals surface area contributed by atoms with Crippen LogP contribution in [0.3, 0.4) is 0 Å². The Kier molecular flexibility index (Phi) is 4.15. The van der Waals surface area contributed by atoms with Crippen LogP contribution in [0.25, 0.3) is 16.9 Å². The minimum absolute atomic E-state index is 0.196. The summed E-state index contributed by atoms with van der Waals surface area (Å²) in [5, 5.41) is 11.9. The first-order chi connectivity index (χ1) is 11.5. The predicted octanol–water partition coefficient (Wildman–Crippen LogP) is 2.78. The molecule has 2 heterocycles. The monoisotopic (exact) mass is 337 g/mol. The van der Waals surface area contributed by atoms with Crippen molar-refractivity contribution in [2.45, 2.75) is 11.8 Å². The molecule has 7 heteroatoms. The highest BCUT2D eigenvalue weighted by atomic mass is 32.2. The standard InChI is InChI=1S/C17H15N5OS/c1-11-16(13-5-3-12(9-18)4-6-13)17(23)22(21-11)15-8-7-14(10-20-15)24(2)19/h3-8,10,19,21H,1-2H3/t24-/m0/s1. The topological polar surface area (TPSA) is 98.3 Å². The first-order valence-corrected chi connectivity index (χ1v) is 8.80. The number of pyridine rings is 1. The molecule has 0 saturated heterocycles. The van der Waals surface area contributed by atoms with Gasteiger partial charge in [-0.05, 0) is 43.0 Å². The van der Waals surface area contributed by atoms with Crippen LogP contribution in [0.5, 0.6) is 0 Å². The third-order valence-electron chi connectivity index (χ3n) is 3.68. The van der Waals surface area contributed by atoms with E-state index in [0.29, 0.717) is 16.9 Å². The van der Waals surface area contributed by atoms with E-state index in [-0.39, 0.29) is 5.56 Å². The zero-order chi connectivity index (χ0) is 17.3. The fourth-order valence-electron chi connectivity index (χ4n) is 2.45. The molecule has 0 unspecified atom stereocenters. The number of benzene rings is 1. The van der Waals surface area contributed by atoms with Crippen LogP contribution in [0.2, 0.25) is 0 Å². The van der Waals surface area contributed by atoms with Gasteiger partial charge in [0.15, 0.2) is 5.82 Å². The van der Waals surface area contributed by atoms with Gasteiger partial charge in [-0.3, -0.25) is 14.7 Å². The van der Waals surface area contributed by atoms with Crippen LogP contribution in [-0.2, 0) is 10.7 Å². The lowest BCUT2D eigenvalue weighted by Crippen LogP contribution is -2.16. The molecule has 1 aromatic carbocycles. The van der Waals surface area contributed by atoms with Gasteiger partial charge < -0.3 is 0 Å². The van der Waals surface area contributed by atoms with Gasteiger partial charge in [-0.15, -0.1) is 0 Å². The van der Waals surface area contributed by atoms with Crippen LogP contribution in [0.15, 0.2) is 52.3 Å². The first kappa shape index (κ1) is 15.9. The van der Waals surface area contributed by atoms with Gasteiger partial charge in [0.25, 0.3) is 5.56 Å².